The second-order valence-electron chi connectivity index (χ2n) is 6.42. The maximum atomic E-state index is 11.3. The largest absolute Gasteiger partial charge is 0.480 e. The summed E-state index contributed by atoms with van der Waals surface area (Å²) in [6.07, 6.45) is 0. The summed E-state index contributed by atoms with van der Waals surface area (Å²) in [4.78, 5) is 32.0. The molecule has 2 rings (SSSR count). The van der Waals surface area contributed by atoms with Gasteiger partial charge in [0.25, 0.3) is 5.91 Å². The molecular weight excluding hydrogens is 397 g/mol. The van der Waals surface area contributed by atoms with Crippen LogP contribution in [-0.2, 0) is 10.2 Å². The number of furan rings is 1. The molecule has 0 saturated heterocycles. The van der Waals surface area contributed by atoms with E-state index in [4.69, 9.17) is 37.8 Å². The van der Waals surface area contributed by atoms with Crippen LogP contribution < -0.4 is 5.32 Å². The lowest BCUT2D eigenvalue weighted by atomic mass is 9.94. The van der Waals surface area contributed by atoms with Crippen LogP contribution in [-0.4, -0.2) is 34.6 Å². The van der Waals surface area contributed by atoms with Crippen LogP contribution in [0.15, 0.2) is 34.7 Å². The van der Waals surface area contributed by atoms with E-state index < -0.39 is 24.4 Å². The zero-order valence-corrected chi connectivity index (χ0v) is 16.4. The smallest absolute Gasteiger partial charge is 0.371 e. The van der Waals surface area contributed by atoms with E-state index in [-0.39, 0.29) is 21.8 Å². The summed E-state index contributed by atoms with van der Waals surface area (Å²) in [7, 11) is 0. The highest BCUT2D eigenvalue weighted by Gasteiger charge is 2.19. The molecule has 0 aliphatic carbocycles. The minimum absolute atomic E-state index is 0.0000694. The van der Waals surface area contributed by atoms with Crippen molar-refractivity contribution in [3.63, 3.8) is 0 Å². The second-order valence-corrected chi connectivity index (χ2v) is 7.24. The molecule has 0 aliphatic rings. The quantitative estimate of drug-likeness (QED) is 0.692. The van der Waals surface area contributed by atoms with Gasteiger partial charge in [0.05, 0.1) is 10.0 Å². The van der Waals surface area contributed by atoms with E-state index in [0.717, 1.165) is 0 Å². The fourth-order valence-electron chi connectivity index (χ4n) is 1.75. The van der Waals surface area contributed by atoms with Crippen LogP contribution in [0, 0.1) is 0 Å². The number of benzene rings is 1. The average molecular weight is 416 g/mol. The van der Waals surface area contributed by atoms with Crippen molar-refractivity contribution >= 4 is 41.0 Å². The molecule has 0 unspecified atom stereocenters. The molecule has 0 bridgehead atoms. The molecule has 7 nitrogen and oxygen atoms in total. The van der Waals surface area contributed by atoms with Crippen molar-refractivity contribution in [2.75, 3.05) is 6.54 Å². The lowest BCUT2D eigenvalue weighted by molar-refractivity contribution is -0.135. The molecule has 1 amide bonds. The van der Waals surface area contributed by atoms with Gasteiger partial charge in [0.1, 0.15) is 12.3 Å². The molecule has 146 valence electrons. The van der Waals surface area contributed by atoms with Crippen molar-refractivity contribution in [2.45, 2.75) is 26.2 Å². The molecule has 0 fully saturated rings. The highest BCUT2D eigenvalue weighted by atomic mass is 35.5. The van der Waals surface area contributed by atoms with Gasteiger partial charge in [-0.25, -0.2) is 4.79 Å². The Hall–Kier alpha value is -2.51. The first-order chi connectivity index (χ1) is 12.4. The fraction of sp³-hybridized carbons (Fsp3) is 0.278. The summed E-state index contributed by atoms with van der Waals surface area (Å²) in [5.41, 5.74) is 0.138. The first kappa shape index (κ1) is 22.5. The number of nitrogens with one attached hydrogen (secondary N) is 1. The molecule has 0 atom stereocenters. The first-order valence-corrected chi connectivity index (χ1v) is 8.46. The molecule has 2 aromatic rings. The minimum Gasteiger partial charge on any atom is -0.480 e. The van der Waals surface area contributed by atoms with Gasteiger partial charge in [0, 0.05) is 11.0 Å². The fourth-order valence-corrected chi connectivity index (χ4v) is 2.05. The Morgan fingerprint density at radius 2 is 1.67 bits per heavy atom. The van der Waals surface area contributed by atoms with Gasteiger partial charge in [-0.3, -0.25) is 9.59 Å². The second kappa shape index (κ2) is 9.43. The molecule has 0 spiro atoms. The minimum atomic E-state index is -1.11. The lowest BCUT2D eigenvalue weighted by Crippen LogP contribution is -2.29. The van der Waals surface area contributed by atoms with Gasteiger partial charge < -0.3 is 19.9 Å². The predicted molar refractivity (Wildman–Crippen MR) is 101 cm³/mol. The molecule has 0 saturated carbocycles. The van der Waals surface area contributed by atoms with Gasteiger partial charge in [-0.05, 0) is 30.3 Å². The van der Waals surface area contributed by atoms with Crippen LogP contribution in [0.1, 0.15) is 47.4 Å². The number of aliphatic carboxylic acids is 1. The number of carboxylic acids is 2. The lowest BCUT2D eigenvalue weighted by Gasteiger charge is -2.13. The number of carbonyl (C=O) groups is 3. The zero-order valence-electron chi connectivity index (χ0n) is 14.9. The summed E-state index contributed by atoms with van der Waals surface area (Å²) in [6.45, 7) is 5.48. The van der Waals surface area contributed by atoms with Crippen molar-refractivity contribution in [1.29, 1.82) is 0 Å². The van der Waals surface area contributed by atoms with Crippen LogP contribution in [0.3, 0.4) is 0 Å². The molecule has 1 heterocycles. The van der Waals surface area contributed by atoms with Crippen molar-refractivity contribution in [3.05, 3.63) is 57.5 Å². The summed E-state index contributed by atoms with van der Waals surface area (Å²) in [5, 5.41) is 19.7. The Kier molecular flexibility index (Phi) is 7.87. The third kappa shape index (κ3) is 7.32. The van der Waals surface area contributed by atoms with Crippen molar-refractivity contribution in [2.24, 2.45) is 0 Å². The number of aromatic carboxylic acids is 1. The van der Waals surface area contributed by atoms with E-state index in [1.54, 1.807) is 6.07 Å². The summed E-state index contributed by atoms with van der Waals surface area (Å²) in [6, 6.07) is 7.48. The molecule has 27 heavy (non-hydrogen) atoms. The summed E-state index contributed by atoms with van der Waals surface area (Å²) in [5.74, 6) is -1.94. The average Bonchev–Trinajstić information content (AvgIpc) is 3.06. The third-order valence-corrected chi connectivity index (χ3v) is 3.88. The number of halogens is 2. The van der Waals surface area contributed by atoms with E-state index >= 15 is 0 Å². The van der Waals surface area contributed by atoms with Crippen molar-refractivity contribution < 1.29 is 29.0 Å². The predicted octanol–water partition coefficient (Wildman–Crippen LogP) is 4.08. The number of rotatable bonds is 4. The van der Waals surface area contributed by atoms with Crippen LogP contribution >= 0.6 is 23.2 Å². The maximum absolute atomic E-state index is 11.3. The van der Waals surface area contributed by atoms with Gasteiger partial charge >= 0.3 is 11.9 Å². The molecule has 0 radical (unpaired) electrons. The number of carboxylic acid groups (broad SMARTS) is 2. The zero-order chi connectivity index (χ0) is 20.8. The Labute approximate surface area is 165 Å². The Morgan fingerprint density at radius 3 is 2.07 bits per heavy atom. The Morgan fingerprint density at radius 1 is 1.04 bits per heavy atom. The topological polar surface area (TPSA) is 117 Å². The van der Waals surface area contributed by atoms with Crippen molar-refractivity contribution in [3.8, 4) is 0 Å². The van der Waals surface area contributed by atoms with Gasteiger partial charge in [0.15, 0.2) is 0 Å². The van der Waals surface area contributed by atoms with Crippen LogP contribution in [0.25, 0.3) is 0 Å². The van der Waals surface area contributed by atoms with Crippen LogP contribution in [0.4, 0.5) is 0 Å². The van der Waals surface area contributed by atoms with Gasteiger partial charge in [-0.2, -0.15) is 0 Å². The highest BCUT2D eigenvalue weighted by Crippen LogP contribution is 2.24. The SMILES string of the molecule is CC(C)(C)c1ccc(C(=O)O)o1.O=C(O)CNC(=O)c1ccc(Cl)c(Cl)c1. The van der Waals surface area contributed by atoms with E-state index in [1.165, 1.54) is 24.3 Å². The highest BCUT2D eigenvalue weighted by molar-refractivity contribution is 6.42. The Bertz CT molecular complexity index is 839. The number of carbonyl (C=O) groups excluding carboxylic acids is 1. The normalized spacial score (nSPS) is 10.6. The standard InChI is InChI=1S/C9H7Cl2NO3.C9H12O3/c10-6-2-1-5(3-7(6)11)9(15)12-4-8(13)14;1-9(2,3)7-5-4-6(12-7)8(10)11/h1-3H,4H2,(H,12,15)(H,13,14);4-5H,1-3H3,(H,10,11). The van der Waals surface area contributed by atoms with Gasteiger partial charge in [0.2, 0.25) is 5.76 Å². The Balaban J connectivity index is 0.000000277. The van der Waals surface area contributed by atoms with Gasteiger partial charge in [-0.1, -0.05) is 44.0 Å². The molecule has 0 aliphatic heterocycles. The van der Waals surface area contributed by atoms with Crippen molar-refractivity contribution in [1.82, 2.24) is 5.32 Å². The number of hydrogen-bond acceptors (Lipinski definition) is 4. The van der Waals surface area contributed by atoms with E-state index in [9.17, 15) is 14.4 Å². The third-order valence-electron chi connectivity index (χ3n) is 3.14. The van der Waals surface area contributed by atoms with Gasteiger partial charge in [-0.15, -0.1) is 0 Å². The maximum Gasteiger partial charge on any atom is 0.371 e. The summed E-state index contributed by atoms with van der Waals surface area (Å²) < 4.78 is 5.11. The van der Waals surface area contributed by atoms with E-state index in [2.05, 4.69) is 5.32 Å². The molecule has 1 aromatic carbocycles. The van der Waals surface area contributed by atoms with E-state index in [1.807, 2.05) is 20.8 Å². The van der Waals surface area contributed by atoms with Crippen LogP contribution in [0.5, 0.6) is 0 Å². The monoisotopic (exact) mass is 415 g/mol. The summed E-state index contributed by atoms with van der Waals surface area (Å²) >= 11 is 11.3. The number of hydrogen-bond donors (Lipinski definition) is 3. The molecular formula is C18H19Cl2NO6. The number of amides is 1. The molecule has 9 heteroatoms. The first-order valence-electron chi connectivity index (χ1n) is 7.70. The molecule has 1 aromatic heterocycles. The molecule has 3 N–H and O–H groups in total. The van der Waals surface area contributed by atoms with Crippen LogP contribution in [0.2, 0.25) is 10.0 Å². The van der Waals surface area contributed by atoms with E-state index in [0.29, 0.717) is 10.8 Å².